The van der Waals surface area contributed by atoms with Gasteiger partial charge in [-0.15, -0.1) is 0 Å². The molecule has 152 valence electrons. The SMILES string of the molecule is COc1cc(NC(=O)N2CCC(n3c(=O)[nH]c4c(Br)cccc43)CC2)ccc1F. The second-order valence-corrected chi connectivity index (χ2v) is 7.79. The maximum atomic E-state index is 13.5. The number of piperidine rings is 1. The van der Waals surface area contributed by atoms with E-state index in [0.717, 1.165) is 15.5 Å². The highest BCUT2D eigenvalue weighted by molar-refractivity contribution is 9.10. The number of para-hydroxylation sites is 1. The summed E-state index contributed by atoms with van der Waals surface area (Å²) in [5, 5.41) is 2.77. The Bertz CT molecular complexity index is 1120. The molecule has 2 heterocycles. The molecule has 0 spiro atoms. The second-order valence-electron chi connectivity index (χ2n) is 6.93. The van der Waals surface area contributed by atoms with Gasteiger partial charge in [-0.25, -0.2) is 14.0 Å². The summed E-state index contributed by atoms with van der Waals surface area (Å²) < 4.78 is 21.1. The Kier molecular flexibility index (Phi) is 5.31. The van der Waals surface area contributed by atoms with Gasteiger partial charge in [0.1, 0.15) is 0 Å². The first kappa shape index (κ1) is 19.5. The number of carbonyl (C=O) groups excluding carboxylic acids is 1. The van der Waals surface area contributed by atoms with E-state index < -0.39 is 5.82 Å². The van der Waals surface area contributed by atoms with Gasteiger partial charge < -0.3 is 19.9 Å². The average Bonchev–Trinajstić information content (AvgIpc) is 3.07. The first-order valence-electron chi connectivity index (χ1n) is 9.26. The zero-order chi connectivity index (χ0) is 20.5. The summed E-state index contributed by atoms with van der Waals surface area (Å²) in [7, 11) is 1.37. The van der Waals surface area contributed by atoms with Crippen molar-refractivity contribution in [2.75, 3.05) is 25.5 Å². The summed E-state index contributed by atoms with van der Waals surface area (Å²) in [6.45, 7) is 1.03. The van der Waals surface area contributed by atoms with E-state index in [2.05, 4.69) is 26.2 Å². The first-order valence-corrected chi connectivity index (χ1v) is 10.1. The minimum Gasteiger partial charge on any atom is -0.494 e. The molecular formula is C20H20BrFN4O3. The van der Waals surface area contributed by atoms with Gasteiger partial charge in [-0.05, 0) is 53.0 Å². The fourth-order valence-corrected chi connectivity index (χ4v) is 4.20. The van der Waals surface area contributed by atoms with Gasteiger partial charge in [0.2, 0.25) is 0 Å². The van der Waals surface area contributed by atoms with Gasteiger partial charge in [0.25, 0.3) is 0 Å². The van der Waals surface area contributed by atoms with Crippen LogP contribution >= 0.6 is 15.9 Å². The van der Waals surface area contributed by atoms with Crippen molar-refractivity contribution in [3.63, 3.8) is 0 Å². The third kappa shape index (κ3) is 3.74. The highest BCUT2D eigenvalue weighted by Gasteiger charge is 2.26. The summed E-state index contributed by atoms with van der Waals surface area (Å²) in [5.74, 6) is -0.409. The molecule has 1 aromatic heterocycles. The lowest BCUT2D eigenvalue weighted by molar-refractivity contribution is 0.184. The number of carbonyl (C=O) groups is 1. The number of likely N-dealkylation sites (tertiary alicyclic amines) is 1. The largest absolute Gasteiger partial charge is 0.494 e. The minimum absolute atomic E-state index is 0.0144. The summed E-state index contributed by atoms with van der Waals surface area (Å²) >= 11 is 3.47. The number of amides is 2. The molecule has 0 saturated carbocycles. The lowest BCUT2D eigenvalue weighted by Crippen LogP contribution is -2.42. The van der Waals surface area contributed by atoms with Crippen molar-refractivity contribution in [3.8, 4) is 5.75 Å². The lowest BCUT2D eigenvalue weighted by atomic mass is 10.0. The molecule has 2 aromatic carbocycles. The number of aromatic nitrogens is 2. The maximum Gasteiger partial charge on any atom is 0.326 e. The van der Waals surface area contributed by atoms with Gasteiger partial charge in [-0.1, -0.05) is 6.07 Å². The molecule has 2 amide bonds. The van der Waals surface area contributed by atoms with Crippen molar-refractivity contribution in [1.29, 1.82) is 0 Å². The minimum atomic E-state index is -0.484. The predicted octanol–water partition coefficient (Wildman–Crippen LogP) is 4.11. The monoisotopic (exact) mass is 462 g/mol. The molecule has 2 N–H and O–H groups in total. The number of nitrogens with one attached hydrogen (secondary N) is 2. The fourth-order valence-electron chi connectivity index (χ4n) is 3.74. The molecule has 1 aliphatic rings. The standard InChI is InChI=1S/C20H20BrFN4O3/c1-29-17-11-12(5-6-15(17)22)23-19(27)25-9-7-13(8-10-25)26-16-4-2-3-14(21)18(16)24-20(26)28/h2-6,11,13H,7-10H2,1H3,(H,23,27)(H,24,28). The Morgan fingerprint density at radius 3 is 2.76 bits per heavy atom. The van der Waals surface area contributed by atoms with Crippen LogP contribution in [0.4, 0.5) is 14.9 Å². The number of hydrogen-bond acceptors (Lipinski definition) is 3. The van der Waals surface area contributed by atoms with Gasteiger partial charge in [0.15, 0.2) is 11.6 Å². The van der Waals surface area contributed by atoms with Crippen molar-refractivity contribution < 1.29 is 13.9 Å². The number of fused-ring (bicyclic) bond motifs is 1. The number of aromatic amines is 1. The molecule has 1 saturated heterocycles. The van der Waals surface area contributed by atoms with Crippen LogP contribution in [0.1, 0.15) is 18.9 Å². The number of imidazole rings is 1. The summed E-state index contributed by atoms with van der Waals surface area (Å²) in [6, 6.07) is 9.65. The van der Waals surface area contributed by atoms with Crippen LogP contribution in [-0.4, -0.2) is 40.7 Å². The van der Waals surface area contributed by atoms with E-state index in [1.165, 1.54) is 25.3 Å². The highest BCUT2D eigenvalue weighted by Crippen LogP contribution is 2.28. The van der Waals surface area contributed by atoms with Gasteiger partial charge in [0, 0.05) is 35.4 Å². The quantitative estimate of drug-likeness (QED) is 0.614. The molecule has 3 aromatic rings. The van der Waals surface area contributed by atoms with E-state index in [-0.39, 0.29) is 23.5 Å². The Labute approximate surface area is 174 Å². The van der Waals surface area contributed by atoms with Crippen molar-refractivity contribution in [2.45, 2.75) is 18.9 Å². The van der Waals surface area contributed by atoms with E-state index in [1.54, 1.807) is 9.47 Å². The second kappa shape index (κ2) is 7.90. The van der Waals surface area contributed by atoms with Crippen LogP contribution in [-0.2, 0) is 0 Å². The normalized spacial score (nSPS) is 14.9. The Balaban J connectivity index is 1.45. The molecule has 7 nitrogen and oxygen atoms in total. The van der Waals surface area contributed by atoms with Crippen LogP contribution < -0.4 is 15.7 Å². The van der Waals surface area contributed by atoms with E-state index >= 15 is 0 Å². The molecule has 0 aliphatic carbocycles. The topological polar surface area (TPSA) is 79.4 Å². The predicted molar refractivity (Wildman–Crippen MR) is 112 cm³/mol. The van der Waals surface area contributed by atoms with E-state index in [4.69, 9.17) is 4.74 Å². The van der Waals surface area contributed by atoms with Crippen molar-refractivity contribution in [3.05, 3.63) is 57.2 Å². The first-order chi connectivity index (χ1) is 14.0. The van der Waals surface area contributed by atoms with Gasteiger partial charge in [-0.3, -0.25) is 4.57 Å². The Hall–Kier alpha value is -2.81. The molecule has 1 aliphatic heterocycles. The van der Waals surface area contributed by atoms with Crippen LogP contribution in [0.2, 0.25) is 0 Å². The molecule has 0 atom stereocenters. The molecule has 4 rings (SSSR count). The number of halogens is 2. The average molecular weight is 463 g/mol. The van der Waals surface area contributed by atoms with Crippen LogP contribution in [0.15, 0.2) is 45.7 Å². The zero-order valence-electron chi connectivity index (χ0n) is 15.7. The smallest absolute Gasteiger partial charge is 0.326 e. The summed E-state index contributed by atoms with van der Waals surface area (Å²) in [4.78, 5) is 29.7. The third-order valence-corrected chi connectivity index (χ3v) is 5.88. The van der Waals surface area contributed by atoms with Crippen LogP contribution in [0.5, 0.6) is 5.75 Å². The van der Waals surface area contributed by atoms with Gasteiger partial charge in [-0.2, -0.15) is 0 Å². The van der Waals surface area contributed by atoms with Gasteiger partial charge >= 0.3 is 11.7 Å². The van der Waals surface area contributed by atoms with E-state index in [0.29, 0.717) is 31.6 Å². The maximum absolute atomic E-state index is 13.5. The van der Waals surface area contributed by atoms with E-state index in [1.807, 2.05) is 18.2 Å². The number of H-pyrrole nitrogens is 1. The fraction of sp³-hybridized carbons (Fsp3) is 0.300. The van der Waals surface area contributed by atoms with E-state index in [9.17, 15) is 14.0 Å². The molecule has 0 radical (unpaired) electrons. The lowest BCUT2D eigenvalue weighted by Gasteiger charge is -2.32. The number of hydrogen-bond donors (Lipinski definition) is 2. The Morgan fingerprint density at radius 2 is 2.03 bits per heavy atom. The van der Waals surface area contributed by atoms with Crippen LogP contribution in [0.3, 0.4) is 0 Å². The van der Waals surface area contributed by atoms with Crippen LogP contribution in [0, 0.1) is 5.82 Å². The third-order valence-electron chi connectivity index (χ3n) is 5.22. The summed E-state index contributed by atoms with van der Waals surface area (Å²) in [5.41, 5.74) is 1.95. The molecule has 9 heteroatoms. The number of anilines is 1. The molecule has 29 heavy (non-hydrogen) atoms. The number of rotatable bonds is 3. The van der Waals surface area contributed by atoms with Gasteiger partial charge in [0.05, 0.1) is 18.1 Å². The number of urea groups is 1. The number of ether oxygens (including phenoxy) is 1. The zero-order valence-corrected chi connectivity index (χ0v) is 17.3. The Morgan fingerprint density at radius 1 is 1.28 bits per heavy atom. The number of nitrogens with zero attached hydrogens (tertiary/aromatic N) is 2. The number of methoxy groups -OCH3 is 1. The van der Waals surface area contributed by atoms with Crippen molar-refractivity contribution >= 4 is 38.7 Å². The summed E-state index contributed by atoms with van der Waals surface area (Å²) in [6.07, 6.45) is 1.33. The van der Waals surface area contributed by atoms with Crippen molar-refractivity contribution in [2.24, 2.45) is 0 Å². The highest BCUT2D eigenvalue weighted by atomic mass is 79.9. The van der Waals surface area contributed by atoms with Crippen molar-refractivity contribution in [1.82, 2.24) is 14.5 Å². The molecule has 0 unspecified atom stereocenters. The molecule has 1 fully saturated rings. The number of benzene rings is 2. The van der Waals surface area contributed by atoms with Crippen LogP contribution in [0.25, 0.3) is 11.0 Å². The molecular weight excluding hydrogens is 443 g/mol. The molecule has 0 bridgehead atoms.